The second kappa shape index (κ2) is 7.88. The molecule has 0 aliphatic carbocycles. The molecule has 0 saturated carbocycles. The summed E-state index contributed by atoms with van der Waals surface area (Å²) in [4.78, 5) is 11.8. The van der Waals surface area contributed by atoms with Crippen LogP contribution in [0.1, 0.15) is 56.3 Å². The van der Waals surface area contributed by atoms with Gasteiger partial charge in [0.05, 0.1) is 0 Å². The minimum absolute atomic E-state index is 0.0357. The fourth-order valence-corrected chi connectivity index (χ4v) is 1.85. The van der Waals surface area contributed by atoms with Gasteiger partial charge in [-0.3, -0.25) is 4.79 Å². The maximum absolute atomic E-state index is 11.8. The summed E-state index contributed by atoms with van der Waals surface area (Å²) in [6, 6.07) is 9.66. The highest BCUT2D eigenvalue weighted by atomic mass is 16.1. The molecule has 1 aromatic rings. The molecule has 0 saturated heterocycles. The van der Waals surface area contributed by atoms with E-state index in [4.69, 9.17) is 0 Å². The highest BCUT2D eigenvalue weighted by Gasteiger charge is 2.08. The first-order chi connectivity index (χ1) is 8.24. The van der Waals surface area contributed by atoms with Crippen LogP contribution in [0.15, 0.2) is 30.3 Å². The van der Waals surface area contributed by atoms with Gasteiger partial charge in [-0.25, -0.2) is 0 Å². The van der Waals surface area contributed by atoms with Crippen LogP contribution in [0.2, 0.25) is 0 Å². The Balaban J connectivity index is 2.26. The van der Waals surface area contributed by atoms with E-state index in [2.05, 4.69) is 19.2 Å². The quantitative estimate of drug-likeness (QED) is 0.713. The van der Waals surface area contributed by atoms with Gasteiger partial charge in [-0.15, -0.1) is 0 Å². The number of benzene rings is 1. The van der Waals surface area contributed by atoms with E-state index in [1.807, 2.05) is 30.3 Å². The fraction of sp³-hybridized carbons (Fsp3) is 0.533. The lowest BCUT2D eigenvalue weighted by molar-refractivity contribution is 0.0938. The maximum Gasteiger partial charge on any atom is 0.251 e. The fourth-order valence-electron chi connectivity index (χ4n) is 1.85. The summed E-state index contributed by atoms with van der Waals surface area (Å²) in [7, 11) is 0. The number of rotatable bonds is 7. The summed E-state index contributed by atoms with van der Waals surface area (Å²) in [6.07, 6.45) is 6.08. The van der Waals surface area contributed by atoms with Crippen LogP contribution in [0, 0.1) is 0 Å². The largest absolute Gasteiger partial charge is 0.350 e. The van der Waals surface area contributed by atoms with Crippen LogP contribution in [0.4, 0.5) is 0 Å². The molecule has 0 aliphatic heterocycles. The Morgan fingerprint density at radius 1 is 1.18 bits per heavy atom. The SMILES string of the molecule is CCCCCC[C@H](C)NC(=O)c1ccccc1. The predicted octanol–water partition coefficient (Wildman–Crippen LogP) is 3.78. The average molecular weight is 233 g/mol. The second-order valence-corrected chi connectivity index (χ2v) is 4.59. The van der Waals surface area contributed by atoms with E-state index < -0.39 is 0 Å². The molecule has 0 spiro atoms. The summed E-state index contributed by atoms with van der Waals surface area (Å²) in [5, 5.41) is 3.03. The van der Waals surface area contributed by atoms with Crippen LogP contribution in [0.25, 0.3) is 0 Å². The van der Waals surface area contributed by atoms with Crippen molar-refractivity contribution in [2.24, 2.45) is 0 Å². The first-order valence-electron chi connectivity index (χ1n) is 6.60. The van der Waals surface area contributed by atoms with Crippen molar-refractivity contribution in [3.05, 3.63) is 35.9 Å². The highest BCUT2D eigenvalue weighted by Crippen LogP contribution is 2.06. The minimum Gasteiger partial charge on any atom is -0.350 e. The molecule has 1 atom stereocenters. The van der Waals surface area contributed by atoms with Gasteiger partial charge < -0.3 is 5.32 Å². The van der Waals surface area contributed by atoms with Crippen molar-refractivity contribution < 1.29 is 4.79 Å². The van der Waals surface area contributed by atoms with Gasteiger partial charge in [0.15, 0.2) is 0 Å². The summed E-state index contributed by atoms with van der Waals surface area (Å²) < 4.78 is 0. The van der Waals surface area contributed by atoms with Crippen LogP contribution < -0.4 is 5.32 Å². The van der Waals surface area contributed by atoms with E-state index >= 15 is 0 Å². The lowest BCUT2D eigenvalue weighted by atomic mass is 10.1. The molecule has 94 valence electrons. The van der Waals surface area contributed by atoms with Crippen molar-refractivity contribution in [2.45, 2.75) is 52.0 Å². The topological polar surface area (TPSA) is 29.1 Å². The molecule has 17 heavy (non-hydrogen) atoms. The van der Waals surface area contributed by atoms with Gasteiger partial charge in [0.25, 0.3) is 5.91 Å². The van der Waals surface area contributed by atoms with Crippen LogP contribution in [0.3, 0.4) is 0 Å². The van der Waals surface area contributed by atoms with Gasteiger partial charge in [0.1, 0.15) is 0 Å². The molecule has 0 aliphatic rings. The van der Waals surface area contributed by atoms with E-state index in [9.17, 15) is 4.79 Å². The number of amides is 1. The molecule has 0 heterocycles. The first kappa shape index (κ1) is 13.8. The lowest BCUT2D eigenvalue weighted by Gasteiger charge is -2.13. The third-order valence-electron chi connectivity index (χ3n) is 2.90. The second-order valence-electron chi connectivity index (χ2n) is 4.59. The van der Waals surface area contributed by atoms with Crippen LogP contribution in [-0.4, -0.2) is 11.9 Å². The normalized spacial score (nSPS) is 12.1. The van der Waals surface area contributed by atoms with Gasteiger partial charge in [0, 0.05) is 11.6 Å². The van der Waals surface area contributed by atoms with Gasteiger partial charge >= 0.3 is 0 Å². The molecule has 1 N–H and O–H groups in total. The molecule has 1 amide bonds. The maximum atomic E-state index is 11.8. The number of hydrogen-bond acceptors (Lipinski definition) is 1. The van der Waals surface area contributed by atoms with Crippen molar-refractivity contribution in [2.75, 3.05) is 0 Å². The van der Waals surface area contributed by atoms with Crippen molar-refractivity contribution in [3.8, 4) is 0 Å². The predicted molar refractivity (Wildman–Crippen MR) is 72.1 cm³/mol. The Morgan fingerprint density at radius 3 is 2.53 bits per heavy atom. The van der Waals surface area contributed by atoms with Crippen molar-refractivity contribution in [1.82, 2.24) is 5.32 Å². The Hall–Kier alpha value is -1.31. The Bertz CT molecular complexity index is 321. The number of unbranched alkanes of at least 4 members (excludes halogenated alkanes) is 3. The van der Waals surface area contributed by atoms with E-state index in [0.717, 1.165) is 12.0 Å². The van der Waals surface area contributed by atoms with Crippen LogP contribution >= 0.6 is 0 Å². The van der Waals surface area contributed by atoms with Gasteiger partial charge in [-0.2, -0.15) is 0 Å². The van der Waals surface area contributed by atoms with E-state index in [1.54, 1.807) is 0 Å². The number of carbonyl (C=O) groups excluding carboxylic acids is 1. The Kier molecular flexibility index (Phi) is 6.38. The number of nitrogens with one attached hydrogen (secondary N) is 1. The van der Waals surface area contributed by atoms with Crippen LogP contribution in [-0.2, 0) is 0 Å². The van der Waals surface area contributed by atoms with Crippen LogP contribution in [0.5, 0.6) is 0 Å². The summed E-state index contributed by atoms with van der Waals surface area (Å²) in [5.41, 5.74) is 0.743. The monoisotopic (exact) mass is 233 g/mol. The zero-order valence-corrected chi connectivity index (χ0v) is 10.9. The van der Waals surface area contributed by atoms with E-state index in [1.165, 1.54) is 25.7 Å². The zero-order valence-electron chi connectivity index (χ0n) is 10.9. The van der Waals surface area contributed by atoms with E-state index in [-0.39, 0.29) is 11.9 Å². The lowest BCUT2D eigenvalue weighted by Crippen LogP contribution is -2.32. The van der Waals surface area contributed by atoms with Crippen molar-refractivity contribution >= 4 is 5.91 Å². The van der Waals surface area contributed by atoms with Gasteiger partial charge in [-0.05, 0) is 25.5 Å². The average Bonchev–Trinajstić information content (AvgIpc) is 2.36. The van der Waals surface area contributed by atoms with Gasteiger partial charge in [0.2, 0.25) is 0 Å². The molecule has 0 radical (unpaired) electrons. The standard InChI is InChI=1S/C15H23NO/c1-3-4-5-7-10-13(2)16-15(17)14-11-8-6-9-12-14/h6,8-9,11-13H,3-5,7,10H2,1-2H3,(H,16,17)/t13-/m0/s1. The Labute approximate surface area is 104 Å². The molecule has 0 bridgehead atoms. The molecule has 1 rings (SSSR count). The van der Waals surface area contributed by atoms with Crippen molar-refractivity contribution in [3.63, 3.8) is 0 Å². The minimum atomic E-state index is 0.0357. The molecule has 1 aromatic carbocycles. The molecular weight excluding hydrogens is 210 g/mol. The Morgan fingerprint density at radius 2 is 1.88 bits per heavy atom. The molecule has 2 nitrogen and oxygen atoms in total. The van der Waals surface area contributed by atoms with Crippen molar-refractivity contribution in [1.29, 1.82) is 0 Å². The summed E-state index contributed by atoms with van der Waals surface area (Å²) >= 11 is 0. The van der Waals surface area contributed by atoms with E-state index in [0.29, 0.717) is 0 Å². The first-order valence-corrected chi connectivity index (χ1v) is 6.60. The third kappa shape index (κ3) is 5.53. The van der Waals surface area contributed by atoms with Gasteiger partial charge in [-0.1, -0.05) is 50.8 Å². The highest BCUT2D eigenvalue weighted by molar-refractivity contribution is 5.94. The third-order valence-corrected chi connectivity index (χ3v) is 2.90. The molecule has 0 fully saturated rings. The smallest absolute Gasteiger partial charge is 0.251 e. The summed E-state index contributed by atoms with van der Waals surface area (Å²) in [6.45, 7) is 4.29. The molecular formula is C15H23NO. The number of carbonyl (C=O) groups is 1. The summed E-state index contributed by atoms with van der Waals surface area (Å²) in [5.74, 6) is 0.0357. The zero-order chi connectivity index (χ0) is 12.5. The number of hydrogen-bond donors (Lipinski definition) is 1. The molecule has 2 heteroatoms. The molecule has 0 aromatic heterocycles. The molecule has 0 unspecified atom stereocenters.